The summed E-state index contributed by atoms with van der Waals surface area (Å²) < 4.78 is 10.5. The molecule has 0 bridgehead atoms. The number of esters is 1. The third kappa shape index (κ3) is 5.05. The second-order valence-electron chi connectivity index (χ2n) is 10.2. The van der Waals surface area contributed by atoms with Crippen molar-refractivity contribution >= 4 is 51.8 Å². The Morgan fingerprint density at radius 3 is 2.21 bits per heavy atom. The second-order valence-corrected chi connectivity index (χ2v) is 10.6. The Labute approximate surface area is 246 Å². The third-order valence-electron chi connectivity index (χ3n) is 7.67. The van der Waals surface area contributed by atoms with Crippen molar-refractivity contribution in [3.63, 3.8) is 0 Å². The molecule has 1 fully saturated rings. The molecule has 1 aromatic heterocycles. The lowest BCUT2D eigenvalue weighted by Crippen LogP contribution is -2.30. The number of fused-ring (bicyclic) bond motifs is 2. The first-order valence-electron chi connectivity index (χ1n) is 13.4. The summed E-state index contributed by atoms with van der Waals surface area (Å²) in [7, 11) is 1.53. The van der Waals surface area contributed by atoms with Gasteiger partial charge in [-0.2, -0.15) is 0 Å². The highest BCUT2D eigenvalue weighted by Crippen LogP contribution is 2.38. The van der Waals surface area contributed by atoms with Crippen LogP contribution in [0.25, 0.3) is 22.2 Å². The molecular weight excluding hydrogens is 556 g/mol. The standard InChI is InChI=1S/C33H25ClN2O6/c1-41-23-13-8-20(9-14-23)30(37)18-42-33(40)27-17-29(35-28-15-10-21(34)16-26(27)28)19-6-11-22(12-7-19)36-31(38)24-4-2-3-5-25(24)32(36)39/h2-3,6-17,24-25H,4-5,18H2,1H3. The summed E-state index contributed by atoms with van der Waals surface area (Å²) in [4.78, 5) is 57.9. The van der Waals surface area contributed by atoms with Crippen LogP contribution >= 0.6 is 11.6 Å². The molecule has 1 saturated heterocycles. The number of imide groups is 1. The van der Waals surface area contributed by atoms with E-state index in [1.807, 2.05) is 12.2 Å². The lowest BCUT2D eigenvalue weighted by Gasteiger charge is -2.15. The van der Waals surface area contributed by atoms with E-state index in [9.17, 15) is 19.2 Å². The molecule has 2 amide bonds. The van der Waals surface area contributed by atoms with Crippen molar-refractivity contribution in [2.75, 3.05) is 18.6 Å². The average molecular weight is 581 g/mol. The first kappa shape index (κ1) is 27.4. The van der Waals surface area contributed by atoms with E-state index in [0.717, 1.165) is 0 Å². The smallest absolute Gasteiger partial charge is 0.339 e. The van der Waals surface area contributed by atoms with E-state index >= 15 is 0 Å². The molecule has 0 saturated carbocycles. The minimum absolute atomic E-state index is 0.183. The van der Waals surface area contributed by atoms with Gasteiger partial charge in [-0.1, -0.05) is 35.9 Å². The van der Waals surface area contributed by atoms with Crippen molar-refractivity contribution in [2.24, 2.45) is 11.8 Å². The van der Waals surface area contributed by atoms with Crippen LogP contribution < -0.4 is 9.64 Å². The number of nitrogens with zero attached hydrogens (tertiary/aromatic N) is 2. The third-order valence-corrected chi connectivity index (χ3v) is 7.90. The number of rotatable bonds is 7. The van der Waals surface area contributed by atoms with Crippen molar-refractivity contribution in [3.05, 3.63) is 101 Å². The predicted octanol–water partition coefficient (Wildman–Crippen LogP) is 6.06. The van der Waals surface area contributed by atoms with E-state index in [-0.39, 0.29) is 35.0 Å². The lowest BCUT2D eigenvalue weighted by atomic mass is 9.85. The van der Waals surface area contributed by atoms with E-state index in [1.165, 1.54) is 12.0 Å². The van der Waals surface area contributed by atoms with Crippen molar-refractivity contribution in [2.45, 2.75) is 12.8 Å². The molecule has 0 spiro atoms. The maximum Gasteiger partial charge on any atom is 0.339 e. The van der Waals surface area contributed by atoms with E-state index in [1.54, 1.807) is 72.8 Å². The van der Waals surface area contributed by atoms with E-state index in [0.29, 0.717) is 57.0 Å². The summed E-state index contributed by atoms with van der Waals surface area (Å²) >= 11 is 6.23. The summed E-state index contributed by atoms with van der Waals surface area (Å²) in [6.45, 7) is -0.449. The van der Waals surface area contributed by atoms with Gasteiger partial charge in [-0.05, 0) is 73.5 Å². The number of halogens is 1. The fourth-order valence-corrected chi connectivity index (χ4v) is 5.59. The minimum Gasteiger partial charge on any atom is -0.497 e. The van der Waals surface area contributed by atoms with Crippen LogP contribution in [0.4, 0.5) is 5.69 Å². The van der Waals surface area contributed by atoms with Gasteiger partial charge in [0.2, 0.25) is 11.8 Å². The first-order valence-corrected chi connectivity index (χ1v) is 13.8. The Balaban J connectivity index is 1.26. The van der Waals surface area contributed by atoms with Crippen LogP contribution in [0.5, 0.6) is 5.75 Å². The molecule has 0 N–H and O–H groups in total. The number of aromatic nitrogens is 1. The number of Topliss-reactive ketones (excluding diaryl/α,β-unsaturated/α-hetero) is 1. The molecule has 0 radical (unpaired) electrons. The van der Waals surface area contributed by atoms with Gasteiger partial charge >= 0.3 is 5.97 Å². The molecule has 4 aromatic rings. The number of benzene rings is 3. The minimum atomic E-state index is -0.700. The predicted molar refractivity (Wildman–Crippen MR) is 158 cm³/mol. The Bertz CT molecular complexity index is 1740. The van der Waals surface area contributed by atoms with Gasteiger partial charge in [0.25, 0.3) is 0 Å². The molecule has 2 unspecified atom stereocenters. The molecule has 2 aliphatic rings. The number of ether oxygens (including phenoxy) is 2. The van der Waals surface area contributed by atoms with Crippen LogP contribution in [0.2, 0.25) is 5.02 Å². The van der Waals surface area contributed by atoms with Crippen molar-refractivity contribution in [1.82, 2.24) is 4.98 Å². The van der Waals surface area contributed by atoms with E-state index < -0.39 is 12.6 Å². The average Bonchev–Trinajstić information content (AvgIpc) is 3.28. The Hall–Kier alpha value is -4.82. The van der Waals surface area contributed by atoms with Crippen molar-refractivity contribution < 1.29 is 28.7 Å². The topological polar surface area (TPSA) is 103 Å². The molecule has 1 aliphatic heterocycles. The quantitative estimate of drug-likeness (QED) is 0.113. The lowest BCUT2D eigenvalue weighted by molar-refractivity contribution is -0.122. The highest BCUT2D eigenvalue weighted by Gasteiger charge is 2.47. The number of anilines is 1. The number of allylic oxidation sites excluding steroid dienone is 2. The molecule has 8 nitrogen and oxygen atoms in total. The van der Waals surface area contributed by atoms with Gasteiger partial charge < -0.3 is 9.47 Å². The number of carbonyl (C=O) groups excluding carboxylic acids is 4. The van der Waals surface area contributed by atoms with E-state index in [2.05, 4.69) is 0 Å². The highest BCUT2D eigenvalue weighted by atomic mass is 35.5. The van der Waals surface area contributed by atoms with Gasteiger partial charge in [-0.15, -0.1) is 0 Å². The molecule has 9 heteroatoms. The Morgan fingerprint density at radius 1 is 0.905 bits per heavy atom. The second kappa shape index (κ2) is 11.2. The summed E-state index contributed by atoms with van der Waals surface area (Å²) in [6.07, 6.45) is 5.04. The maximum absolute atomic E-state index is 13.3. The zero-order valence-corrected chi connectivity index (χ0v) is 23.3. The molecule has 42 heavy (non-hydrogen) atoms. The maximum atomic E-state index is 13.3. The SMILES string of the molecule is COc1ccc(C(=O)COC(=O)c2cc(-c3ccc(N4C(=O)C5CC=CCC5C4=O)cc3)nc3ccc(Cl)cc23)cc1. The van der Waals surface area contributed by atoms with E-state index in [4.69, 9.17) is 26.1 Å². The number of ketones is 1. The van der Waals surface area contributed by atoms with Crippen molar-refractivity contribution in [3.8, 4) is 17.0 Å². The number of hydrogen-bond donors (Lipinski definition) is 0. The molecule has 2 atom stereocenters. The molecule has 6 rings (SSSR count). The number of carbonyl (C=O) groups is 4. The van der Waals surface area contributed by atoms with Gasteiger partial charge in [-0.25, -0.2) is 9.78 Å². The van der Waals surface area contributed by atoms with Crippen LogP contribution in [0.1, 0.15) is 33.6 Å². The Morgan fingerprint density at radius 2 is 1.57 bits per heavy atom. The van der Waals surface area contributed by atoms with Crippen molar-refractivity contribution in [1.29, 1.82) is 0 Å². The van der Waals surface area contributed by atoms with Crippen LogP contribution in [0.3, 0.4) is 0 Å². The highest BCUT2D eigenvalue weighted by molar-refractivity contribution is 6.31. The normalized spacial score (nSPS) is 17.8. The summed E-state index contributed by atoms with van der Waals surface area (Å²) in [6, 6.07) is 20.0. The summed E-state index contributed by atoms with van der Waals surface area (Å²) in [5.41, 5.74) is 2.73. The summed E-state index contributed by atoms with van der Waals surface area (Å²) in [5.74, 6) is -1.45. The van der Waals surface area contributed by atoms with Crippen LogP contribution in [-0.4, -0.2) is 42.3 Å². The Kier molecular flexibility index (Phi) is 7.31. The van der Waals surface area contributed by atoms with Gasteiger partial charge in [0.1, 0.15) is 5.75 Å². The van der Waals surface area contributed by atoms with Gasteiger partial charge in [-0.3, -0.25) is 19.3 Å². The van der Waals surface area contributed by atoms with Crippen LogP contribution in [-0.2, 0) is 14.3 Å². The number of pyridine rings is 1. The number of amides is 2. The summed E-state index contributed by atoms with van der Waals surface area (Å²) in [5, 5.41) is 0.898. The van der Waals surface area contributed by atoms with Crippen LogP contribution in [0.15, 0.2) is 84.9 Å². The molecule has 210 valence electrons. The molecule has 1 aliphatic carbocycles. The van der Waals surface area contributed by atoms with Gasteiger partial charge in [0.05, 0.1) is 41.4 Å². The largest absolute Gasteiger partial charge is 0.497 e. The monoisotopic (exact) mass is 580 g/mol. The van der Waals surface area contributed by atoms with Gasteiger partial charge in [0, 0.05) is 21.5 Å². The zero-order chi connectivity index (χ0) is 29.4. The number of methoxy groups -OCH3 is 1. The van der Waals surface area contributed by atoms with Crippen LogP contribution in [0, 0.1) is 11.8 Å². The number of hydrogen-bond acceptors (Lipinski definition) is 7. The fourth-order valence-electron chi connectivity index (χ4n) is 5.42. The molecule has 2 heterocycles. The molecule has 3 aromatic carbocycles. The zero-order valence-electron chi connectivity index (χ0n) is 22.6. The first-order chi connectivity index (χ1) is 20.3. The fraction of sp³-hybridized carbons (Fsp3) is 0.182. The molecular formula is C33H25ClN2O6. The van der Waals surface area contributed by atoms with Gasteiger partial charge in [0.15, 0.2) is 12.4 Å².